The molecule has 0 fully saturated rings. The summed E-state index contributed by atoms with van der Waals surface area (Å²) >= 11 is 6.05. The van der Waals surface area contributed by atoms with E-state index in [4.69, 9.17) is 30.8 Å². The quantitative estimate of drug-likeness (QED) is 0.204. The van der Waals surface area contributed by atoms with Crippen LogP contribution in [0.5, 0.6) is 11.5 Å². The SMILES string of the molecule is C=CCc1ccc(OCCOCCn2c(-c3ccc(Cl)cc3)nc3ccccc3c2=O)c(OC)c1. The van der Waals surface area contributed by atoms with Crippen molar-refractivity contribution in [2.24, 2.45) is 0 Å². The maximum Gasteiger partial charge on any atom is 0.261 e. The van der Waals surface area contributed by atoms with Gasteiger partial charge in [-0.3, -0.25) is 9.36 Å². The number of benzene rings is 3. The third kappa shape index (κ3) is 5.91. The molecule has 4 aromatic rings. The van der Waals surface area contributed by atoms with E-state index >= 15 is 0 Å². The van der Waals surface area contributed by atoms with Crippen molar-refractivity contribution >= 4 is 22.5 Å². The molecule has 0 spiro atoms. The molecule has 0 aliphatic rings. The van der Waals surface area contributed by atoms with Gasteiger partial charge in [0.05, 0.1) is 37.8 Å². The average Bonchev–Trinajstić information content (AvgIpc) is 2.88. The first-order valence-corrected chi connectivity index (χ1v) is 11.7. The van der Waals surface area contributed by atoms with Crippen molar-refractivity contribution in [1.29, 1.82) is 0 Å². The highest BCUT2D eigenvalue weighted by Gasteiger charge is 2.13. The molecule has 180 valence electrons. The number of nitrogens with zero attached hydrogens (tertiary/aromatic N) is 2. The molecular formula is C28H27ClN2O4. The number of aromatic nitrogens is 2. The van der Waals surface area contributed by atoms with Crippen LogP contribution in [0, 0.1) is 0 Å². The van der Waals surface area contributed by atoms with E-state index in [1.807, 2.05) is 54.6 Å². The number of para-hydroxylation sites is 1. The van der Waals surface area contributed by atoms with Gasteiger partial charge in [-0.25, -0.2) is 4.98 Å². The highest BCUT2D eigenvalue weighted by atomic mass is 35.5. The Balaban J connectivity index is 1.42. The van der Waals surface area contributed by atoms with Crippen molar-refractivity contribution in [3.8, 4) is 22.9 Å². The fourth-order valence-corrected chi connectivity index (χ4v) is 3.91. The minimum atomic E-state index is -0.107. The Morgan fingerprint density at radius 2 is 1.80 bits per heavy atom. The van der Waals surface area contributed by atoms with Crippen molar-refractivity contribution < 1.29 is 14.2 Å². The molecule has 0 atom stereocenters. The molecule has 35 heavy (non-hydrogen) atoms. The number of hydrogen-bond acceptors (Lipinski definition) is 5. The first-order valence-electron chi connectivity index (χ1n) is 11.3. The summed E-state index contributed by atoms with van der Waals surface area (Å²) in [6.45, 7) is 5.17. The third-order valence-electron chi connectivity index (χ3n) is 5.52. The zero-order valence-electron chi connectivity index (χ0n) is 19.6. The van der Waals surface area contributed by atoms with Gasteiger partial charge in [0.15, 0.2) is 11.5 Å². The van der Waals surface area contributed by atoms with E-state index in [1.165, 1.54) is 0 Å². The second-order valence-electron chi connectivity index (χ2n) is 7.86. The molecule has 1 aromatic heterocycles. The standard InChI is InChI=1S/C28H27ClN2O4/c1-3-6-20-9-14-25(26(19-20)33-2)35-18-17-34-16-15-31-27(21-10-12-22(29)13-11-21)30-24-8-5-4-7-23(24)28(31)32/h3-5,7-14,19H,1,6,15-18H2,2H3. The Bertz CT molecular complexity index is 1370. The number of ether oxygens (including phenoxy) is 3. The van der Waals surface area contributed by atoms with E-state index in [0.29, 0.717) is 59.6 Å². The highest BCUT2D eigenvalue weighted by Crippen LogP contribution is 2.28. The van der Waals surface area contributed by atoms with Crippen molar-refractivity contribution in [3.05, 3.63) is 100 Å². The van der Waals surface area contributed by atoms with Gasteiger partial charge >= 0.3 is 0 Å². The Morgan fingerprint density at radius 1 is 1.00 bits per heavy atom. The zero-order valence-corrected chi connectivity index (χ0v) is 20.3. The molecule has 0 saturated heterocycles. The lowest BCUT2D eigenvalue weighted by molar-refractivity contribution is 0.0931. The van der Waals surface area contributed by atoms with Gasteiger partial charge in [0, 0.05) is 10.6 Å². The maximum atomic E-state index is 13.2. The molecule has 3 aromatic carbocycles. The second kappa shape index (κ2) is 11.7. The van der Waals surface area contributed by atoms with Gasteiger partial charge in [0.2, 0.25) is 0 Å². The van der Waals surface area contributed by atoms with E-state index in [9.17, 15) is 4.79 Å². The number of fused-ring (bicyclic) bond motifs is 1. The van der Waals surface area contributed by atoms with Gasteiger partial charge in [-0.15, -0.1) is 6.58 Å². The summed E-state index contributed by atoms with van der Waals surface area (Å²) in [6, 6.07) is 20.4. The van der Waals surface area contributed by atoms with Crippen LogP contribution in [0.1, 0.15) is 5.56 Å². The monoisotopic (exact) mass is 490 g/mol. The maximum absolute atomic E-state index is 13.2. The van der Waals surface area contributed by atoms with Crippen LogP contribution in [-0.4, -0.2) is 36.5 Å². The second-order valence-corrected chi connectivity index (χ2v) is 8.29. The van der Waals surface area contributed by atoms with Crippen molar-refractivity contribution in [2.45, 2.75) is 13.0 Å². The molecule has 0 amide bonds. The van der Waals surface area contributed by atoms with Gasteiger partial charge in [-0.1, -0.05) is 35.9 Å². The van der Waals surface area contributed by atoms with Crippen LogP contribution in [0.15, 0.2) is 84.2 Å². The van der Waals surface area contributed by atoms with E-state index in [-0.39, 0.29) is 5.56 Å². The minimum Gasteiger partial charge on any atom is -0.493 e. The van der Waals surface area contributed by atoms with Crippen LogP contribution < -0.4 is 15.0 Å². The van der Waals surface area contributed by atoms with Crippen molar-refractivity contribution in [2.75, 3.05) is 26.9 Å². The normalized spacial score (nSPS) is 10.9. The predicted octanol–water partition coefficient (Wildman–Crippen LogP) is 5.55. The topological polar surface area (TPSA) is 62.6 Å². The number of hydrogen-bond donors (Lipinski definition) is 0. The Morgan fingerprint density at radius 3 is 2.57 bits per heavy atom. The van der Waals surface area contributed by atoms with Crippen molar-refractivity contribution in [3.63, 3.8) is 0 Å². The summed E-state index contributed by atoms with van der Waals surface area (Å²) in [5.74, 6) is 1.91. The molecule has 0 aliphatic heterocycles. The minimum absolute atomic E-state index is 0.107. The molecule has 0 N–H and O–H groups in total. The molecule has 0 saturated carbocycles. The summed E-state index contributed by atoms with van der Waals surface area (Å²) in [5, 5.41) is 1.19. The summed E-state index contributed by atoms with van der Waals surface area (Å²) < 4.78 is 18.7. The van der Waals surface area contributed by atoms with Crippen LogP contribution >= 0.6 is 11.6 Å². The van der Waals surface area contributed by atoms with E-state index in [1.54, 1.807) is 29.9 Å². The van der Waals surface area contributed by atoms with Gasteiger partial charge in [0.1, 0.15) is 12.4 Å². The Kier molecular flexibility index (Phi) is 8.19. The highest BCUT2D eigenvalue weighted by molar-refractivity contribution is 6.30. The number of methoxy groups -OCH3 is 1. The van der Waals surface area contributed by atoms with E-state index in [0.717, 1.165) is 17.5 Å². The van der Waals surface area contributed by atoms with Crippen molar-refractivity contribution in [1.82, 2.24) is 9.55 Å². The average molecular weight is 491 g/mol. The fraction of sp³-hybridized carbons (Fsp3) is 0.214. The van der Waals surface area contributed by atoms with Crippen LogP contribution in [-0.2, 0) is 17.7 Å². The molecular weight excluding hydrogens is 464 g/mol. The summed E-state index contributed by atoms with van der Waals surface area (Å²) in [6.07, 6.45) is 2.61. The first kappa shape index (κ1) is 24.5. The zero-order chi connectivity index (χ0) is 24.6. The summed E-state index contributed by atoms with van der Waals surface area (Å²) in [7, 11) is 1.62. The van der Waals surface area contributed by atoms with Gasteiger partial charge in [-0.05, 0) is 60.5 Å². The van der Waals surface area contributed by atoms with Gasteiger partial charge in [-0.2, -0.15) is 0 Å². The molecule has 0 radical (unpaired) electrons. The molecule has 1 heterocycles. The Hall–Kier alpha value is -3.61. The number of allylic oxidation sites excluding steroid dienone is 1. The van der Waals surface area contributed by atoms with E-state index < -0.39 is 0 Å². The number of rotatable bonds is 11. The molecule has 0 aliphatic carbocycles. The van der Waals surface area contributed by atoms with Crippen LogP contribution in [0.3, 0.4) is 0 Å². The molecule has 7 heteroatoms. The predicted molar refractivity (Wildman–Crippen MR) is 140 cm³/mol. The van der Waals surface area contributed by atoms with Crippen LogP contribution in [0.25, 0.3) is 22.3 Å². The van der Waals surface area contributed by atoms with Gasteiger partial charge < -0.3 is 14.2 Å². The van der Waals surface area contributed by atoms with Gasteiger partial charge in [0.25, 0.3) is 5.56 Å². The lowest BCUT2D eigenvalue weighted by atomic mass is 10.1. The molecule has 0 bridgehead atoms. The van der Waals surface area contributed by atoms with E-state index in [2.05, 4.69) is 6.58 Å². The largest absolute Gasteiger partial charge is 0.493 e. The third-order valence-corrected chi connectivity index (χ3v) is 5.77. The fourth-order valence-electron chi connectivity index (χ4n) is 3.79. The summed E-state index contributed by atoms with van der Waals surface area (Å²) in [5.41, 5.74) is 2.46. The number of halogens is 1. The van der Waals surface area contributed by atoms with Crippen LogP contribution in [0.2, 0.25) is 5.02 Å². The summed E-state index contributed by atoms with van der Waals surface area (Å²) in [4.78, 5) is 18.0. The van der Waals surface area contributed by atoms with Crippen LogP contribution in [0.4, 0.5) is 0 Å². The molecule has 0 unspecified atom stereocenters. The molecule has 4 rings (SSSR count). The lowest BCUT2D eigenvalue weighted by Crippen LogP contribution is -2.26. The smallest absolute Gasteiger partial charge is 0.261 e. The molecule has 6 nitrogen and oxygen atoms in total. The first-order chi connectivity index (χ1) is 17.1. The lowest BCUT2D eigenvalue weighted by Gasteiger charge is -2.15. The Labute approximate surface area is 209 Å².